The number of carbonyl (C=O) groups is 3. The lowest BCUT2D eigenvalue weighted by molar-refractivity contribution is -0.107. The van der Waals surface area contributed by atoms with Gasteiger partial charge in [0, 0.05) is 46.2 Å². The van der Waals surface area contributed by atoms with E-state index in [0.29, 0.717) is 39.1 Å². The average molecular weight is 514 g/mol. The van der Waals surface area contributed by atoms with Gasteiger partial charge in [0.15, 0.2) is 11.4 Å². The Morgan fingerprint density at radius 3 is 2.65 bits per heavy atom. The summed E-state index contributed by atoms with van der Waals surface area (Å²) >= 11 is 1.34. The number of nitrogens with zero attached hydrogens (tertiary/aromatic N) is 2. The first kappa shape index (κ1) is 24.0. The maximum atomic E-state index is 13.6. The molecular formula is C27H23N5O4S. The number of hydrogen-bond acceptors (Lipinski definition) is 7. The molecule has 2 amide bonds. The van der Waals surface area contributed by atoms with Crippen molar-refractivity contribution in [2.75, 3.05) is 24.7 Å². The van der Waals surface area contributed by atoms with Gasteiger partial charge in [0.1, 0.15) is 12.1 Å². The Morgan fingerprint density at radius 1 is 1.11 bits per heavy atom. The number of ether oxygens (including phenoxy) is 1. The van der Waals surface area contributed by atoms with Crippen LogP contribution in [-0.4, -0.2) is 41.3 Å². The van der Waals surface area contributed by atoms with Gasteiger partial charge in [-0.15, -0.1) is 11.3 Å². The Balaban J connectivity index is 1.58. The molecule has 0 bridgehead atoms. The largest absolute Gasteiger partial charge is 0.494 e. The van der Waals surface area contributed by atoms with Gasteiger partial charge in [0.2, 0.25) is 0 Å². The Morgan fingerprint density at radius 2 is 1.86 bits per heavy atom. The third-order valence-electron chi connectivity index (χ3n) is 6.16. The molecule has 0 saturated heterocycles. The molecule has 0 saturated carbocycles. The zero-order valence-corrected chi connectivity index (χ0v) is 20.9. The van der Waals surface area contributed by atoms with Gasteiger partial charge in [0.25, 0.3) is 11.8 Å². The van der Waals surface area contributed by atoms with Crippen LogP contribution < -0.4 is 21.1 Å². The molecule has 0 aliphatic carbocycles. The number of aromatic nitrogens is 2. The van der Waals surface area contributed by atoms with E-state index < -0.39 is 5.91 Å². The molecule has 0 radical (unpaired) electrons. The second-order valence-electron chi connectivity index (χ2n) is 8.25. The molecule has 186 valence electrons. The smallest absolute Gasteiger partial charge is 0.276 e. The lowest BCUT2D eigenvalue weighted by atomic mass is 10.0. The zero-order chi connectivity index (χ0) is 26.1. The van der Waals surface area contributed by atoms with Crippen molar-refractivity contribution in [3.63, 3.8) is 0 Å². The quantitative estimate of drug-likeness (QED) is 0.280. The number of pyridine rings is 1. The molecule has 9 nitrogen and oxygen atoms in total. The third-order valence-corrected chi connectivity index (χ3v) is 7.17. The highest BCUT2D eigenvalue weighted by Crippen LogP contribution is 2.41. The second-order valence-corrected chi connectivity index (χ2v) is 9.12. The van der Waals surface area contributed by atoms with Crippen LogP contribution in [0.2, 0.25) is 0 Å². The predicted octanol–water partition coefficient (Wildman–Crippen LogP) is 4.23. The van der Waals surface area contributed by atoms with Gasteiger partial charge in [-0.25, -0.2) is 4.98 Å². The van der Waals surface area contributed by atoms with E-state index >= 15 is 0 Å². The summed E-state index contributed by atoms with van der Waals surface area (Å²) in [6, 6.07) is 15.0. The summed E-state index contributed by atoms with van der Waals surface area (Å²) in [5.41, 5.74) is 9.86. The van der Waals surface area contributed by atoms with Crippen molar-refractivity contribution >= 4 is 61.9 Å². The molecule has 3 heterocycles. The summed E-state index contributed by atoms with van der Waals surface area (Å²) in [7, 11) is 3.37. The lowest BCUT2D eigenvalue weighted by Crippen LogP contribution is -2.25. The maximum Gasteiger partial charge on any atom is 0.276 e. The van der Waals surface area contributed by atoms with Crippen LogP contribution in [0.1, 0.15) is 20.8 Å². The monoisotopic (exact) mass is 513 g/mol. The number of amides is 2. The van der Waals surface area contributed by atoms with E-state index in [-0.39, 0.29) is 18.3 Å². The van der Waals surface area contributed by atoms with Gasteiger partial charge in [-0.3, -0.25) is 9.59 Å². The average Bonchev–Trinajstić information content (AvgIpc) is 3.48. The molecule has 3 aromatic heterocycles. The summed E-state index contributed by atoms with van der Waals surface area (Å²) in [6.07, 6.45) is 2.02. The molecule has 37 heavy (non-hydrogen) atoms. The number of hydrogen-bond donors (Lipinski definition) is 3. The number of fused-ring (bicyclic) bond motifs is 2. The van der Waals surface area contributed by atoms with Crippen molar-refractivity contribution in [2.24, 2.45) is 7.05 Å². The molecule has 0 fully saturated rings. The molecule has 5 aromatic rings. The van der Waals surface area contributed by atoms with Crippen molar-refractivity contribution < 1.29 is 19.1 Å². The van der Waals surface area contributed by atoms with Crippen molar-refractivity contribution in [1.29, 1.82) is 0 Å². The number of rotatable bonds is 7. The van der Waals surface area contributed by atoms with Crippen LogP contribution in [0.5, 0.6) is 5.75 Å². The fraction of sp³-hybridized carbons (Fsp3) is 0.111. The number of nitrogens with two attached hydrogens (primary N) is 1. The molecule has 0 aliphatic rings. The van der Waals surface area contributed by atoms with Crippen LogP contribution in [0.15, 0.2) is 60.1 Å². The SMILES string of the molecule is COc1c(C(=O)Nc2ccccc2-c2csc3c(C(=O)NCC=O)cnc(N)c23)n(C)c2ccccc12. The van der Waals surface area contributed by atoms with Crippen LogP contribution in [0.3, 0.4) is 0 Å². The Labute approximate surface area is 215 Å². The number of carbonyl (C=O) groups excluding carboxylic acids is 3. The molecule has 0 atom stereocenters. The topological polar surface area (TPSA) is 128 Å². The Bertz CT molecular complexity index is 1690. The molecule has 5 rings (SSSR count). The lowest BCUT2D eigenvalue weighted by Gasteiger charge is -2.13. The van der Waals surface area contributed by atoms with Gasteiger partial charge in [-0.1, -0.05) is 30.3 Å². The minimum Gasteiger partial charge on any atom is -0.494 e. The van der Waals surface area contributed by atoms with Crippen LogP contribution in [-0.2, 0) is 11.8 Å². The van der Waals surface area contributed by atoms with Crippen LogP contribution in [0, 0.1) is 0 Å². The van der Waals surface area contributed by atoms with Gasteiger partial charge < -0.3 is 30.5 Å². The zero-order valence-electron chi connectivity index (χ0n) is 20.1. The molecule has 10 heteroatoms. The number of aryl methyl sites for hydroxylation is 1. The number of nitrogen functional groups attached to an aromatic ring is 1. The van der Waals surface area contributed by atoms with Crippen LogP contribution in [0.4, 0.5) is 11.5 Å². The first-order valence-electron chi connectivity index (χ1n) is 11.4. The maximum absolute atomic E-state index is 13.6. The molecule has 0 spiro atoms. The highest BCUT2D eigenvalue weighted by molar-refractivity contribution is 7.18. The van der Waals surface area contributed by atoms with Crippen molar-refractivity contribution in [2.45, 2.75) is 0 Å². The van der Waals surface area contributed by atoms with E-state index in [4.69, 9.17) is 10.5 Å². The molecule has 4 N–H and O–H groups in total. The van der Waals surface area contributed by atoms with Crippen molar-refractivity contribution in [3.05, 3.63) is 71.4 Å². The summed E-state index contributed by atoms with van der Waals surface area (Å²) in [4.78, 5) is 41.1. The summed E-state index contributed by atoms with van der Waals surface area (Å²) < 4.78 is 8.06. The normalized spacial score (nSPS) is 11.0. The van der Waals surface area contributed by atoms with Gasteiger partial charge >= 0.3 is 0 Å². The number of anilines is 2. The number of thiophene rings is 1. The van der Waals surface area contributed by atoms with E-state index in [0.717, 1.165) is 22.0 Å². The molecule has 2 aromatic carbocycles. The fourth-order valence-corrected chi connectivity index (χ4v) is 5.57. The van der Waals surface area contributed by atoms with E-state index in [1.165, 1.54) is 17.5 Å². The molecule has 0 unspecified atom stereocenters. The summed E-state index contributed by atoms with van der Waals surface area (Å²) in [5.74, 6) is 0.00757. The number of methoxy groups -OCH3 is 1. The highest BCUT2D eigenvalue weighted by atomic mass is 32.1. The van der Waals surface area contributed by atoms with Crippen LogP contribution in [0.25, 0.3) is 32.1 Å². The van der Waals surface area contributed by atoms with E-state index in [1.54, 1.807) is 17.7 Å². The van der Waals surface area contributed by atoms with Crippen molar-refractivity contribution in [1.82, 2.24) is 14.9 Å². The Kier molecular flexibility index (Phi) is 6.33. The second kappa shape index (κ2) is 9.75. The first-order valence-corrected chi connectivity index (χ1v) is 12.2. The highest BCUT2D eigenvalue weighted by Gasteiger charge is 2.24. The number of benzene rings is 2. The van der Waals surface area contributed by atoms with E-state index in [9.17, 15) is 14.4 Å². The number of nitrogens with one attached hydrogen (secondary N) is 2. The number of para-hydroxylation sites is 2. The van der Waals surface area contributed by atoms with Gasteiger partial charge in [-0.05, 0) is 18.2 Å². The predicted molar refractivity (Wildman–Crippen MR) is 145 cm³/mol. The molecule has 0 aliphatic heterocycles. The fourth-order valence-electron chi connectivity index (χ4n) is 4.49. The minimum atomic E-state index is -0.414. The summed E-state index contributed by atoms with van der Waals surface area (Å²) in [6.45, 7) is -0.102. The van der Waals surface area contributed by atoms with E-state index in [1.807, 2.05) is 54.9 Å². The van der Waals surface area contributed by atoms with Crippen molar-refractivity contribution in [3.8, 4) is 16.9 Å². The minimum absolute atomic E-state index is 0.102. The van der Waals surface area contributed by atoms with Gasteiger partial charge in [0.05, 0.1) is 29.4 Å². The number of aldehydes is 1. The summed E-state index contributed by atoms with van der Waals surface area (Å²) in [5, 5.41) is 8.89. The first-order chi connectivity index (χ1) is 18.0. The van der Waals surface area contributed by atoms with Crippen LogP contribution >= 0.6 is 11.3 Å². The Hall–Kier alpha value is -4.70. The van der Waals surface area contributed by atoms with Gasteiger partial charge in [-0.2, -0.15) is 0 Å². The third kappa shape index (κ3) is 4.07. The van der Waals surface area contributed by atoms with E-state index in [2.05, 4.69) is 15.6 Å². The standard InChI is InChI=1S/C27H23N5O4S/c1-32-20-10-6-4-8-16(20)23(36-2)22(32)27(35)31-19-9-5-3-7-15(19)18-14-37-24-17(26(34)29-11-12-33)13-30-25(28)21(18)24/h3-10,12-14H,11H2,1-2H3,(H2,28,30)(H,29,34)(H,31,35). The molecular weight excluding hydrogens is 490 g/mol.